The summed E-state index contributed by atoms with van der Waals surface area (Å²) in [6.45, 7) is 3.58. The molecule has 0 fully saturated rings. The van der Waals surface area contributed by atoms with Gasteiger partial charge in [-0.05, 0) is 36.4 Å². The molecule has 1 heterocycles. The first-order chi connectivity index (χ1) is 7.81. The van der Waals surface area contributed by atoms with E-state index in [0.717, 1.165) is 12.1 Å². The number of furan rings is 1. The Bertz CT molecular complexity index is 451. The van der Waals surface area contributed by atoms with Gasteiger partial charge in [0.25, 0.3) is 0 Å². The lowest BCUT2D eigenvalue weighted by atomic mass is 10.1. The fourth-order valence-electron chi connectivity index (χ4n) is 1.57. The quantitative estimate of drug-likeness (QED) is 0.854. The molecule has 2 rings (SSSR count). The van der Waals surface area contributed by atoms with E-state index in [-0.39, 0.29) is 5.82 Å². The van der Waals surface area contributed by atoms with Crippen molar-refractivity contribution in [2.45, 2.75) is 13.5 Å². The molecule has 1 aromatic carbocycles. The minimum atomic E-state index is -0.245. The summed E-state index contributed by atoms with van der Waals surface area (Å²) in [4.78, 5) is 0. The zero-order valence-corrected chi connectivity index (χ0v) is 9.16. The summed E-state index contributed by atoms with van der Waals surface area (Å²) in [6, 6.07) is 8.70. The van der Waals surface area contributed by atoms with E-state index in [0.29, 0.717) is 17.9 Å². The summed E-state index contributed by atoms with van der Waals surface area (Å²) in [5.41, 5.74) is 1.44. The Morgan fingerprint density at radius 1 is 1.31 bits per heavy atom. The van der Waals surface area contributed by atoms with Crippen molar-refractivity contribution >= 4 is 0 Å². The summed E-state index contributed by atoms with van der Waals surface area (Å²) in [7, 11) is 0. The smallest absolute Gasteiger partial charge is 0.136 e. The number of hydrogen-bond acceptors (Lipinski definition) is 2. The van der Waals surface area contributed by atoms with Gasteiger partial charge in [-0.3, -0.25) is 0 Å². The van der Waals surface area contributed by atoms with Gasteiger partial charge >= 0.3 is 0 Å². The zero-order valence-electron chi connectivity index (χ0n) is 9.16. The van der Waals surface area contributed by atoms with Crippen LogP contribution >= 0.6 is 0 Å². The second-order valence-electron chi connectivity index (χ2n) is 3.57. The molecule has 3 heteroatoms. The third kappa shape index (κ3) is 2.31. The third-order valence-electron chi connectivity index (χ3n) is 2.40. The summed E-state index contributed by atoms with van der Waals surface area (Å²) < 4.78 is 18.9. The Hall–Kier alpha value is -1.61. The van der Waals surface area contributed by atoms with Crippen LogP contribution in [0.25, 0.3) is 11.3 Å². The second kappa shape index (κ2) is 4.94. The molecule has 84 valence electrons. The maximum atomic E-state index is 13.8. The fraction of sp³-hybridized carbons (Fsp3) is 0.231. The van der Waals surface area contributed by atoms with Crippen LogP contribution in [0.2, 0.25) is 0 Å². The highest BCUT2D eigenvalue weighted by Crippen LogP contribution is 2.23. The van der Waals surface area contributed by atoms with Crippen LogP contribution in [0.1, 0.15) is 12.5 Å². The zero-order chi connectivity index (χ0) is 11.4. The highest BCUT2D eigenvalue weighted by molar-refractivity contribution is 5.58. The molecule has 16 heavy (non-hydrogen) atoms. The van der Waals surface area contributed by atoms with Gasteiger partial charge in [-0.1, -0.05) is 13.0 Å². The highest BCUT2D eigenvalue weighted by Gasteiger charge is 2.07. The maximum Gasteiger partial charge on any atom is 0.136 e. The number of halogens is 1. The van der Waals surface area contributed by atoms with Gasteiger partial charge in [-0.15, -0.1) is 0 Å². The van der Waals surface area contributed by atoms with Crippen LogP contribution in [-0.4, -0.2) is 6.54 Å². The number of benzene rings is 1. The number of hydrogen-bond donors (Lipinski definition) is 1. The lowest BCUT2D eigenvalue weighted by Crippen LogP contribution is -2.11. The molecule has 0 unspecified atom stereocenters. The van der Waals surface area contributed by atoms with Gasteiger partial charge in [0, 0.05) is 6.54 Å². The monoisotopic (exact) mass is 219 g/mol. The van der Waals surface area contributed by atoms with Crippen LogP contribution in [0.4, 0.5) is 4.39 Å². The molecule has 0 aliphatic heterocycles. The first kappa shape index (κ1) is 10.9. The predicted molar refractivity (Wildman–Crippen MR) is 61.5 cm³/mol. The molecule has 0 atom stereocenters. The van der Waals surface area contributed by atoms with Gasteiger partial charge in [0.15, 0.2) is 0 Å². The van der Waals surface area contributed by atoms with Crippen LogP contribution in [0.3, 0.4) is 0 Å². The molecule has 0 amide bonds. The maximum absolute atomic E-state index is 13.8. The minimum Gasteiger partial charge on any atom is -0.464 e. The molecular formula is C13H14FNO. The summed E-state index contributed by atoms with van der Waals surface area (Å²) in [5, 5.41) is 3.16. The fourth-order valence-corrected chi connectivity index (χ4v) is 1.57. The van der Waals surface area contributed by atoms with E-state index in [4.69, 9.17) is 4.42 Å². The normalized spacial score (nSPS) is 10.6. The lowest BCUT2D eigenvalue weighted by molar-refractivity contribution is 0.568. The van der Waals surface area contributed by atoms with E-state index in [2.05, 4.69) is 5.32 Å². The molecule has 0 saturated carbocycles. The van der Waals surface area contributed by atoms with Crippen molar-refractivity contribution in [1.29, 1.82) is 0 Å². The van der Waals surface area contributed by atoms with E-state index in [1.165, 1.54) is 0 Å². The molecule has 2 aromatic rings. The molecule has 2 nitrogen and oxygen atoms in total. The summed E-state index contributed by atoms with van der Waals surface area (Å²) in [5.74, 6) is 0.317. The predicted octanol–water partition coefficient (Wildman–Crippen LogP) is 3.20. The largest absolute Gasteiger partial charge is 0.464 e. The second-order valence-corrected chi connectivity index (χ2v) is 3.57. The standard InChI is InChI=1S/C13H14FNO/c1-2-15-9-10-5-6-11(12(14)8-10)13-4-3-7-16-13/h3-8,15H,2,9H2,1H3. The first-order valence-electron chi connectivity index (χ1n) is 5.34. The van der Waals surface area contributed by atoms with Crippen molar-refractivity contribution in [1.82, 2.24) is 5.32 Å². The van der Waals surface area contributed by atoms with E-state index in [1.807, 2.05) is 13.0 Å². The Labute approximate surface area is 94.1 Å². The average Bonchev–Trinajstić information content (AvgIpc) is 2.80. The molecule has 0 aliphatic carbocycles. The Morgan fingerprint density at radius 2 is 2.19 bits per heavy atom. The average molecular weight is 219 g/mol. The van der Waals surface area contributed by atoms with E-state index >= 15 is 0 Å². The van der Waals surface area contributed by atoms with Crippen LogP contribution in [-0.2, 0) is 6.54 Å². The van der Waals surface area contributed by atoms with Crippen LogP contribution < -0.4 is 5.32 Å². The van der Waals surface area contributed by atoms with Crippen LogP contribution in [0.5, 0.6) is 0 Å². The van der Waals surface area contributed by atoms with Gasteiger partial charge in [-0.25, -0.2) is 4.39 Å². The molecule has 1 aromatic heterocycles. The summed E-state index contributed by atoms with van der Waals surface area (Å²) >= 11 is 0. The van der Waals surface area contributed by atoms with Crippen LogP contribution in [0, 0.1) is 5.82 Å². The Balaban J connectivity index is 2.23. The molecule has 0 bridgehead atoms. The SMILES string of the molecule is CCNCc1ccc(-c2ccco2)c(F)c1. The van der Waals surface area contributed by atoms with Crippen molar-refractivity contribution in [3.05, 3.63) is 48.0 Å². The molecule has 0 radical (unpaired) electrons. The minimum absolute atomic E-state index is 0.245. The van der Waals surface area contributed by atoms with Gasteiger partial charge in [0.1, 0.15) is 11.6 Å². The van der Waals surface area contributed by atoms with Crippen LogP contribution in [0.15, 0.2) is 41.0 Å². The number of nitrogens with one attached hydrogen (secondary N) is 1. The van der Waals surface area contributed by atoms with E-state index in [9.17, 15) is 4.39 Å². The Morgan fingerprint density at radius 3 is 2.81 bits per heavy atom. The van der Waals surface area contributed by atoms with E-state index < -0.39 is 0 Å². The Kier molecular flexibility index (Phi) is 3.37. The van der Waals surface area contributed by atoms with Gasteiger partial charge < -0.3 is 9.73 Å². The van der Waals surface area contributed by atoms with Gasteiger partial charge in [-0.2, -0.15) is 0 Å². The molecular weight excluding hydrogens is 205 g/mol. The molecule has 1 N–H and O–H groups in total. The van der Waals surface area contributed by atoms with E-state index in [1.54, 1.807) is 30.5 Å². The van der Waals surface area contributed by atoms with Crippen molar-refractivity contribution in [2.24, 2.45) is 0 Å². The van der Waals surface area contributed by atoms with Crippen molar-refractivity contribution in [2.75, 3.05) is 6.54 Å². The van der Waals surface area contributed by atoms with Crippen molar-refractivity contribution in [3.8, 4) is 11.3 Å². The third-order valence-corrected chi connectivity index (χ3v) is 2.40. The highest BCUT2D eigenvalue weighted by atomic mass is 19.1. The van der Waals surface area contributed by atoms with Crippen molar-refractivity contribution in [3.63, 3.8) is 0 Å². The topological polar surface area (TPSA) is 25.2 Å². The lowest BCUT2D eigenvalue weighted by Gasteiger charge is -2.04. The van der Waals surface area contributed by atoms with Crippen molar-refractivity contribution < 1.29 is 8.81 Å². The summed E-state index contributed by atoms with van der Waals surface area (Å²) in [6.07, 6.45) is 1.54. The molecule has 0 saturated heterocycles. The first-order valence-corrected chi connectivity index (χ1v) is 5.34. The molecule has 0 aliphatic rings. The van der Waals surface area contributed by atoms with Gasteiger partial charge in [0.05, 0.1) is 11.8 Å². The van der Waals surface area contributed by atoms with Gasteiger partial charge in [0.2, 0.25) is 0 Å². The molecule has 0 spiro atoms. The number of rotatable bonds is 4.